The fraction of sp³-hybridized carbons (Fsp3) is 0.692. The summed E-state index contributed by atoms with van der Waals surface area (Å²) in [5, 5.41) is 14.0. The molecule has 19 heavy (non-hydrogen) atoms. The molecule has 1 saturated carbocycles. The largest absolute Gasteiger partial charge is 0.313 e. The predicted molar refractivity (Wildman–Crippen MR) is 72.9 cm³/mol. The van der Waals surface area contributed by atoms with Crippen LogP contribution < -0.4 is 10.6 Å². The van der Waals surface area contributed by atoms with Crippen LogP contribution in [0.2, 0.25) is 0 Å². The molecule has 104 valence electrons. The maximum Gasteiger partial charge on any atom is 0.249 e. The zero-order valence-electron chi connectivity index (χ0n) is 11.6. The lowest BCUT2D eigenvalue weighted by atomic mass is 10.2. The first-order chi connectivity index (χ1) is 9.22. The van der Waals surface area contributed by atoms with Gasteiger partial charge in [-0.3, -0.25) is 10.1 Å². The highest BCUT2D eigenvalue weighted by Gasteiger charge is 2.20. The number of nitrogens with one attached hydrogen (secondary N) is 2. The highest BCUT2D eigenvalue weighted by Crippen LogP contribution is 2.18. The highest BCUT2D eigenvalue weighted by molar-refractivity contribution is 5.88. The zero-order chi connectivity index (χ0) is 13.7. The summed E-state index contributed by atoms with van der Waals surface area (Å²) in [5.74, 6) is 0.242. The number of amides is 1. The molecule has 1 aliphatic carbocycles. The molecule has 0 atom stereocenters. The molecule has 0 bridgehead atoms. The van der Waals surface area contributed by atoms with Crippen molar-refractivity contribution in [2.45, 2.75) is 52.0 Å². The Kier molecular flexibility index (Phi) is 4.79. The summed E-state index contributed by atoms with van der Waals surface area (Å²) in [4.78, 5) is 16.0. The summed E-state index contributed by atoms with van der Waals surface area (Å²) in [6.45, 7) is 4.75. The van der Waals surface area contributed by atoms with Crippen LogP contribution in [-0.4, -0.2) is 33.7 Å². The van der Waals surface area contributed by atoms with Crippen LogP contribution in [0.4, 0.5) is 5.95 Å². The lowest BCUT2D eigenvalue weighted by molar-refractivity contribution is -0.116. The summed E-state index contributed by atoms with van der Waals surface area (Å²) in [5.41, 5.74) is 1.81. The Morgan fingerprint density at radius 3 is 2.58 bits per heavy atom. The zero-order valence-corrected chi connectivity index (χ0v) is 11.6. The van der Waals surface area contributed by atoms with Crippen molar-refractivity contribution in [1.29, 1.82) is 0 Å². The molecule has 1 heterocycles. The van der Waals surface area contributed by atoms with Crippen LogP contribution in [0.15, 0.2) is 0 Å². The van der Waals surface area contributed by atoms with Crippen molar-refractivity contribution in [2.75, 3.05) is 11.9 Å². The molecule has 6 nitrogen and oxygen atoms in total. The minimum atomic E-state index is -0.0683. The smallest absolute Gasteiger partial charge is 0.249 e. The first-order valence-electron chi connectivity index (χ1n) is 6.98. The second-order valence-corrected chi connectivity index (χ2v) is 4.76. The molecule has 0 saturated heterocycles. The minimum Gasteiger partial charge on any atom is -0.313 e. The van der Waals surface area contributed by atoms with Crippen LogP contribution in [0.25, 0.3) is 0 Å². The maximum atomic E-state index is 11.7. The first kappa shape index (κ1) is 13.9. The quantitative estimate of drug-likeness (QED) is 0.769. The van der Waals surface area contributed by atoms with Crippen LogP contribution in [0, 0.1) is 0 Å². The normalized spacial score (nSPS) is 14.4. The summed E-state index contributed by atoms with van der Waals surface area (Å²) in [7, 11) is 0. The Morgan fingerprint density at radius 2 is 1.95 bits per heavy atom. The number of hydrogen-bond acceptors (Lipinski definition) is 5. The molecule has 1 fully saturated rings. The number of rotatable bonds is 7. The first-order valence-corrected chi connectivity index (χ1v) is 6.98. The molecular weight excluding hydrogens is 242 g/mol. The SMILES string of the molecule is CCc1nnc(NC(=O)CCNC2CC2)nc1CC. The lowest BCUT2D eigenvalue weighted by Crippen LogP contribution is -2.24. The van der Waals surface area contributed by atoms with Gasteiger partial charge in [-0.05, 0) is 25.7 Å². The molecular formula is C13H21N5O. The highest BCUT2D eigenvalue weighted by atomic mass is 16.1. The van der Waals surface area contributed by atoms with Crippen LogP contribution in [0.3, 0.4) is 0 Å². The number of hydrogen-bond donors (Lipinski definition) is 2. The Bertz CT molecular complexity index is 445. The van der Waals surface area contributed by atoms with E-state index in [9.17, 15) is 4.79 Å². The van der Waals surface area contributed by atoms with E-state index in [-0.39, 0.29) is 5.91 Å². The average molecular weight is 263 g/mol. The average Bonchev–Trinajstić information content (AvgIpc) is 3.22. The molecule has 2 rings (SSSR count). The van der Waals surface area contributed by atoms with Gasteiger partial charge in [0.1, 0.15) is 0 Å². The van der Waals surface area contributed by atoms with E-state index in [0.717, 1.165) is 24.2 Å². The van der Waals surface area contributed by atoms with E-state index in [1.165, 1.54) is 12.8 Å². The number of aryl methyl sites for hydroxylation is 2. The molecule has 0 aliphatic heterocycles. The van der Waals surface area contributed by atoms with Crippen LogP contribution in [-0.2, 0) is 17.6 Å². The van der Waals surface area contributed by atoms with Gasteiger partial charge in [-0.1, -0.05) is 13.8 Å². The van der Waals surface area contributed by atoms with E-state index in [4.69, 9.17) is 0 Å². The minimum absolute atomic E-state index is 0.0683. The summed E-state index contributed by atoms with van der Waals surface area (Å²) in [6, 6.07) is 0.626. The third kappa shape index (κ3) is 4.24. The second kappa shape index (κ2) is 6.56. The van der Waals surface area contributed by atoms with Crippen molar-refractivity contribution in [3.63, 3.8) is 0 Å². The van der Waals surface area contributed by atoms with Gasteiger partial charge in [0.2, 0.25) is 11.9 Å². The third-order valence-electron chi connectivity index (χ3n) is 3.12. The van der Waals surface area contributed by atoms with E-state index in [1.807, 2.05) is 13.8 Å². The Balaban J connectivity index is 1.84. The Hall–Kier alpha value is -1.56. The van der Waals surface area contributed by atoms with E-state index in [1.54, 1.807) is 0 Å². The number of carbonyl (C=O) groups excluding carboxylic acids is 1. The van der Waals surface area contributed by atoms with Gasteiger partial charge >= 0.3 is 0 Å². The third-order valence-corrected chi connectivity index (χ3v) is 3.12. The van der Waals surface area contributed by atoms with Gasteiger partial charge in [0.15, 0.2) is 0 Å². The lowest BCUT2D eigenvalue weighted by Gasteiger charge is -2.07. The molecule has 1 aromatic heterocycles. The molecule has 1 aliphatic rings. The Labute approximate surface area is 113 Å². The summed E-state index contributed by atoms with van der Waals surface area (Å²) < 4.78 is 0. The number of anilines is 1. The van der Waals surface area contributed by atoms with Crippen molar-refractivity contribution in [3.8, 4) is 0 Å². The molecule has 0 spiro atoms. The predicted octanol–water partition coefficient (Wildman–Crippen LogP) is 1.08. The van der Waals surface area contributed by atoms with E-state index in [2.05, 4.69) is 25.8 Å². The van der Waals surface area contributed by atoms with E-state index >= 15 is 0 Å². The van der Waals surface area contributed by atoms with Gasteiger partial charge in [-0.25, -0.2) is 4.98 Å². The number of nitrogens with zero attached hydrogens (tertiary/aromatic N) is 3. The molecule has 0 unspecified atom stereocenters. The van der Waals surface area contributed by atoms with Gasteiger partial charge in [0, 0.05) is 19.0 Å². The fourth-order valence-electron chi connectivity index (χ4n) is 1.86. The molecule has 6 heteroatoms. The molecule has 0 aromatic carbocycles. The van der Waals surface area contributed by atoms with Crippen LogP contribution in [0.1, 0.15) is 44.5 Å². The van der Waals surface area contributed by atoms with Crippen molar-refractivity contribution >= 4 is 11.9 Å². The maximum absolute atomic E-state index is 11.7. The van der Waals surface area contributed by atoms with Gasteiger partial charge < -0.3 is 5.32 Å². The van der Waals surface area contributed by atoms with Crippen molar-refractivity contribution in [2.24, 2.45) is 0 Å². The number of carbonyl (C=O) groups is 1. The standard InChI is InChI=1S/C13H21N5O/c1-3-10-11(4-2)17-18-13(15-10)16-12(19)7-8-14-9-5-6-9/h9,14H,3-8H2,1-2H3,(H,15,16,18,19). The fourth-order valence-corrected chi connectivity index (χ4v) is 1.86. The number of aromatic nitrogens is 3. The van der Waals surface area contributed by atoms with Gasteiger partial charge in [0.25, 0.3) is 0 Å². The molecule has 1 amide bonds. The Morgan fingerprint density at radius 1 is 1.21 bits per heavy atom. The van der Waals surface area contributed by atoms with E-state index in [0.29, 0.717) is 25.0 Å². The molecule has 2 N–H and O–H groups in total. The van der Waals surface area contributed by atoms with Crippen molar-refractivity contribution < 1.29 is 4.79 Å². The topological polar surface area (TPSA) is 79.8 Å². The van der Waals surface area contributed by atoms with Crippen LogP contribution >= 0.6 is 0 Å². The van der Waals surface area contributed by atoms with Gasteiger partial charge in [-0.2, -0.15) is 0 Å². The van der Waals surface area contributed by atoms with Crippen molar-refractivity contribution in [1.82, 2.24) is 20.5 Å². The van der Waals surface area contributed by atoms with Gasteiger partial charge in [0.05, 0.1) is 11.4 Å². The second-order valence-electron chi connectivity index (χ2n) is 4.76. The molecule has 1 aromatic rings. The summed E-state index contributed by atoms with van der Waals surface area (Å²) >= 11 is 0. The van der Waals surface area contributed by atoms with Gasteiger partial charge in [-0.15, -0.1) is 10.2 Å². The van der Waals surface area contributed by atoms with Crippen molar-refractivity contribution in [3.05, 3.63) is 11.4 Å². The van der Waals surface area contributed by atoms with E-state index < -0.39 is 0 Å². The monoisotopic (exact) mass is 263 g/mol. The molecule has 0 radical (unpaired) electrons. The summed E-state index contributed by atoms with van der Waals surface area (Å²) in [6.07, 6.45) is 4.50. The van der Waals surface area contributed by atoms with Crippen LogP contribution in [0.5, 0.6) is 0 Å².